The first kappa shape index (κ1) is 14.4. The highest BCUT2D eigenvalue weighted by molar-refractivity contribution is 9.10. The Balaban J connectivity index is 1.98. The average Bonchev–Trinajstić information content (AvgIpc) is 2.44. The van der Waals surface area contributed by atoms with E-state index in [1.54, 1.807) is 0 Å². The van der Waals surface area contributed by atoms with Gasteiger partial charge in [0.15, 0.2) is 0 Å². The van der Waals surface area contributed by atoms with Crippen LogP contribution in [-0.4, -0.2) is 10.2 Å². The van der Waals surface area contributed by atoms with Gasteiger partial charge in [-0.1, -0.05) is 15.9 Å². The van der Waals surface area contributed by atoms with Crippen molar-refractivity contribution in [2.24, 2.45) is 0 Å². The Bertz CT molecular complexity index is 673. The first-order valence-corrected chi connectivity index (χ1v) is 7.69. The number of fused-ring (bicyclic) bond motifs is 1. The normalized spacial score (nSPS) is 20.8. The molecule has 0 amide bonds. The van der Waals surface area contributed by atoms with Gasteiger partial charge in [-0.25, -0.2) is 0 Å². The van der Waals surface area contributed by atoms with Crippen LogP contribution in [0.3, 0.4) is 0 Å². The number of phenolic OH excluding ortho intramolecular Hbond substituents is 1. The molecule has 0 spiro atoms. The molecular formula is C17H17BrO3. The Morgan fingerprint density at radius 2 is 1.81 bits per heavy atom. The zero-order valence-electron chi connectivity index (χ0n) is 11.9. The van der Waals surface area contributed by atoms with Crippen LogP contribution in [0.25, 0.3) is 0 Å². The number of rotatable bonds is 1. The van der Waals surface area contributed by atoms with E-state index in [-0.39, 0.29) is 6.10 Å². The minimum absolute atomic E-state index is 0.202. The van der Waals surface area contributed by atoms with E-state index in [9.17, 15) is 10.2 Å². The molecule has 0 saturated heterocycles. The van der Waals surface area contributed by atoms with Gasteiger partial charge >= 0.3 is 0 Å². The molecule has 110 valence electrons. The second kappa shape index (κ2) is 5.35. The summed E-state index contributed by atoms with van der Waals surface area (Å²) in [6.07, 6.45) is -0.245. The molecule has 0 fully saturated rings. The van der Waals surface area contributed by atoms with Crippen LogP contribution in [0, 0.1) is 13.8 Å². The van der Waals surface area contributed by atoms with Crippen molar-refractivity contribution in [1.82, 2.24) is 0 Å². The zero-order chi connectivity index (χ0) is 15.1. The van der Waals surface area contributed by atoms with E-state index in [0.29, 0.717) is 17.9 Å². The summed E-state index contributed by atoms with van der Waals surface area (Å²) in [5.41, 5.74) is 3.44. The average molecular weight is 349 g/mol. The third-order valence-corrected chi connectivity index (χ3v) is 4.42. The fourth-order valence-corrected chi connectivity index (χ4v) is 3.18. The Hall–Kier alpha value is -1.52. The standard InChI is InChI=1S/C17H17BrO3/c1-9-5-11(6-10(2)17(9)20)16-8-14(19)13-7-12(18)3-4-15(13)21-16/h3-7,14,16,19-20H,8H2,1-2H3. The first-order valence-electron chi connectivity index (χ1n) is 6.90. The summed E-state index contributed by atoms with van der Waals surface area (Å²) in [5, 5.41) is 20.2. The first-order chi connectivity index (χ1) is 9.95. The van der Waals surface area contributed by atoms with Crippen LogP contribution < -0.4 is 4.74 Å². The molecule has 1 aliphatic rings. The van der Waals surface area contributed by atoms with Crippen LogP contribution in [-0.2, 0) is 0 Å². The second-order valence-corrected chi connectivity index (χ2v) is 6.46. The molecule has 2 atom stereocenters. The number of ether oxygens (including phenoxy) is 1. The fraction of sp³-hybridized carbons (Fsp3) is 0.294. The lowest BCUT2D eigenvalue weighted by atomic mass is 9.93. The number of hydrogen-bond acceptors (Lipinski definition) is 3. The lowest BCUT2D eigenvalue weighted by molar-refractivity contribution is 0.0656. The number of phenols is 1. The lowest BCUT2D eigenvalue weighted by Crippen LogP contribution is -2.19. The van der Waals surface area contributed by atoms with Gasteiger partial charge in [0.2, 0.25) is 0 Å². The Morgan fingerprint density at radius 1 is 1.14 bits per heavy atom. The third kappa shape index (κ3) is 2.65. The van der Waals surface area contributed by atoms with E-state index in [2.05, 4.69) is 15.9 Å². The molecule has 2 unspecified atom stereocenters. The van der Waals surface area contributed by atoms with Crippen molar-refractivity contribution in [2.45, 2.75) is 32.5 Å². The largest absolute Gasteiger partial charge is 0.507 e. The Morgan fingerprint density at radius 3 is 2.48 bits per heavy atom. The molecule has 3 rings (SSSR count). The van der Waals surface area contributed by atoms with Crippen molar-refractivity contribution in [3.8, 4) is 11.5 Å². The number of hydrogen-bond donors (Lipinski definition) is 2. The SMILES string of the molecule is Cc1cc(C2CC(O)c3cc(Br)ccc3O2)cc(C)c1O. The number of aliphatic hydroxyl groups is 1. The number of aliphatic hydroxyl groups excluding tert-OH is 1. The van der Waals surface area contributed by atoms with Crippen LogP contribution in [0.1, 0.15) is 40.9 Å². The van der Waals surface area contributed by atoms with Crippen molar-refractivity contribution in [2.75, 3.05) is 0 Å². The van der Waals surface area contributed by atoms with Crippen molar-refractivity contribution in [1.29, 1.82) is 0 Å². The maximum Gasteiger partial charge on any atom is 0.127 e. The molecule has 0 radical (unpaired) electrons. The van der Waals surface area contributed by atoms with Crippen molar-refractivity contribution >= 4 is 15.9 Å². The molecule has 2 aromatic carbocycles. The summed E-state index contributed by atoms with van der Waals surface area (Å²) in [4.78, 5) is 0. The van der Waals surface area contributed by atoms with Gasteiger partial charge in [0.1, 0.15) is 17.6 Å². The van der Waals surface area contributed by atoms with E-state index in [4.69, 9.17) is 4.74 Å². The minimum Gasteiger partial charge on any atom is -0.507 e. The van der Waals surface area contributed by atoms with E-state index in [0.717, 1.165) is 26.7 Å². The molecular weight excluding hydrogens is 332 g/mol. The predicted molar refractivity (Wildman–Crippen MR) is 84.7 cm³/mol. The molecule has 0 aliphatic carbocycles. The Labute approximate surface area is 132 Å². The van der Waals surface area contributed by atoms with E-state index >= 15 is 0 Å². The Kier molecular flexibility index (Phi) is 3.68. The van der Waals surface area contributed by atoms with Gasteiger partial charge in [0, 0.05) is 16.5 Å². The quantitative estimate of drug-likeness (QED) is 0.806. The maximum absolute atomic E-state index is 10.4. The summed E-state index contributed by atoms with van der Waals surface area (Å²) < 4.78 is 6.96. The molecule has 4 heteroatoms. The van der Waals surface area contributed by atoms with Crippen LogP contribution in [0.5, 0.6) is 11.5 Å². The molecule has 3 nitrogen and oxygen atoms in total. The summed E-state index contributed by atoms with van der Waals surface area (Å²) >= 11 is 3.41. The molecule has 21 heavy (non-hydrogen) atoms. The van der Waals surface area contributed by atoms with Gasteiger partial charge in [-0.2, -0.15) is 0 Å². The number of aryl methyl sites for hydroxylation is 2. The third-order valence-electron chi connectivity index (χ3n) is 3.92. The summed E-state index contributed by atoms with van der Waals surface area (Å²) in [6.45, 7) is 3.74. The highest BCUT2D eigenvalue weighted by atomic mass is 79.9. The van der Waals surface area contributed by atoms with Gasteiger partial charge in [-0.05, 0) is 60.9 Å². The number of aromatic hydroxyl groups is 1. The van der Waals surface area contributed by atoms with Crippen LogP contribution >= 0.6 is 15.9 Å². The van der Waals surface area contributed by atoms with Crippen molar-refractivity contribution in [3.63, 3.8) is 0 Å². The summed E-state index contributed by atoms with van der Waals surface area (Å²) in [6, 6.07) is 9.51. The molecule has 0 aromatic heterocycles. The van der Waals surface area contributed by atoms with Crippen LogP contribution in [0.2, 0.25) is 0 Å². The molecule has 0 bridgehead atoms. The minimum atomic E-state index is -0.550. The van der Waals surface area contributed by atoms with E-state index < -0.39 is 6.10 Å². The molecule has 2 aromatic rings. The second-order valence-electron chi connectivity index (χ2n) is 5.54. The maximum atomic E-state index is 10.4. The fourth-order valence-electron chi connectivity index (χ4n) is 2.80. The van der Waals surface area contributed by atoms with Gasteiger partial charge < -0.3 is 14.9 Å². The molecule has 0 saturated carbocycles. The van der Waals surface area contributed by atoms with E-state index in [1.807, 2.05) is 44.2 Å². The van der Waals surface area contributed by atoms with Crippen molar-refractivity contribution in [3.05, 3.63) is 57.1 Å². The topological polar surface area (TPSA) is 49.7 Å². The predicted octanol–water partition coefficient (Wildman–Crippen LogP) is 4.33. The molecule has 1 aliphatic heterocycles. The van der Waals surface area contributed by atoms with Gasteiger partial charge in [0.05, 0.1) is 6.10 Å². The molecule has 1 heterocycles. The highest BCUT2D eigenvalue weighted by Gasteiger charge is 2.28. The van der Waals surface area contributed by atoms with Gasteiger partial charge in [-0.15, -0.1) is 0 Å². The zero-order valence-corrected chi connectivity index (χ0v) is 13.5. The summed E-state index contributed by atoms with van der Waals surface area (Å²) in [7, 11) is 0. The number of benzene rings is 2. The monoisotopic (exact) mass is 348 g/mol. The molecule has 2 N–H and O–H groups in total. The lowest BCUT2D eigenvalue weighted by Gasteiger charge is -2.30. The van der Waals surface area contributed by atoms with E-state index in [1.165, 1.54) is 0 Å². The van der Waals surface area contributed by atoms with Crippen LogP contribution in [0.4, 0.5) is 0 Å². The van der Waals surface area contributed by atoms with Crippen LogP contribution in [0.15, 0.2) is 34.8 Å². The highest BCUT2D eigenvalue weighted by Crippen LogP contribution is 2.42. The summed E-state index contributed by atoms with van der Waals surface area (Å²) in [5.74, 6) is 1.03. The number of halogens is 1. The van der Waals surface area contributed by atoms with Gasteiger partial charge in [-0.3, -0.25) is 0 Å². The van der Waals surface area contributed by atoms with Gasteiger partial charge in [0.25, 0.3) is 0 Å². The van der Waals surface area contributed by atoms with Crippen molar-refractivity contribution < 1.29 is 14.9 Å². The smallest absolute Gasteiger partial charge is 0.127 e.